The summed E-state index contributed by atoms with van der Waals surface area (Å²) < 4.78 is 0. The van der Waals surface area contributed by atoms with E-state index in [1.165, 1.54) is 18.4 Å². The van der Waals surface area contributed by atoms with Gasteiger partial charge in [-0.15, -0.1) is 0 Å². The smallest absolute Gasteiger partial charge is 0.254 e. The number of carbonyl (C=O) groups is 1. The molecule has 4 rings (SSSR count). The van der Waals surface area contributed by atoms with E-state index in [-0.39, 0.29) is 11.9 Å². The summed E-state index contributed by atoms with van der Waals surface area (Å²) in [5.74, 6) is 0.0456. The van der Waals surface area contributed by atoms with Crippen LogP contribution in [0.3, 0.4) is 0 Å². The molecule has 1 N–H and O–H groups in total. The van der Waals surface area contributed by atoms with Gasteiger partial charge in [0.1, 0.15) is 0 Å². The first-order valence-electron chi connectivity index (χ1n) is 10.2. The summed E-state index contributed by atoms with van der Waals surface area (Å²) in [7, 11) is 2.31. The van der Waals surface area contributed by atoms with E-state index in [2.05, 4.69) is 36.2 Å². The van der Waals surface area contributed by atoms with Gasteiger partial charge in [-0.05, 0) is 30.2 Å². The summed E-state index contributed by atoms with van der Waals surface area (Å²) in [4.78, 5) is 17.2. The molecular formula is C23H27Cl2N2O+. The van der Waals surface area contributed by atoms with Gasteiger partial charge in [0, 0.05) is 53.9 Å². The quantitative estimate of drug-likeness (QED) is 0.783. The molecule has 148 valence electrons. The summed E-state index contributed by atoms with van der Waals surface area (Å²) in [6, 6.07) is 17.1. The highest BCUT2D eigenvalue weighted by atomic mass is 35.5. The van der Waals surface area contributed by atoms with Crippen LogP contribution < -0.4 is 4.90 Å². The Balaban J connectivity index is 1.58. The van der Waals surface area contributed by atoms with E-state index in [4.69, 9.17) is 23.2 Å². The van der Waals surface area contributed by atoms with Crippen LogP contribution >= 0.6 is 23.2 Å². The van der Waals surface area contributed by atoms with Crippen LogP contribution in [0.5, 0.6) is 0 Å². The molecule has 2 aromatic carbocycles. The van der Waals surface area contributed by atoms with Crippen LogP contribution in [0, 0.1) is 0 Å². The average Bonchev–Trinajstić information content (AvgIpc) is 2.89. The predicted octanol–water partition coefficient (Wildman–Crippen LogP) is 3.89. The number of benzene rings is 2. The second kappa shape index (κ2) is 8.44. The van der Waals surface area contributed by atoms with Gasteiger partial charge < -0.3 is 9.80 Å². The lowest BCUT2D eigenvalue weighted by Crippen LogP contribution is -3.15. The molecule has 2 unspecified atom stereocenters. The number of carbonyl (C=O) groups excluding carboxylic acids is 1. The van der Waals surface area contributed by atoms with E-state index >= 15 is 0 Å². The molecule has 0 radical (unpaired) electrons. The minimum Gasteiger partial charge on any atom is -0.335 e. The third-order valence-corrected chi connectivity index (χ3v) is 7.00. The number of quaternary nitrogens is 1. The monoisotopic (exact) mass is 417 g/mol. The number of fused-ring (bicyclic) bond motifs is 2. The first kappa shape index (κ1) is 19.8. The summed E-state index contributed by atoms with van der Waals surface area (Å²) >= 11 is 12.3. The Morgan fingerprint density at radius 3 is 2.25 bits per heavy atom. The van der Waals surface area contributed by atoms with Crippen molar-refractivity contribution in [3.63, 3.8) is 0 Å². The summed E-state index contributed by atoms with van der Waals surface area (Å²) in [6.45, 7) is 0.718. The molecule has 2 aliphatic heterocycles. The van der Waals surface area contributed by atoms with Crippen LogP contribution in [0.2, 0.25) is 10.0 Å². The zero-order valence-electron chi connectivity index (χ0n) is 16.2. The molecule has 2 heterocycles. The molecule has 0 saturated carbocycles. The van der Waals surface area contributed by atoms with E-state index in [0.717, 1.165) is 25.8 Å². The van der Waals surface area contributed by atoms with Crippen LogP contribution in [0.1, 0.15) is 41.6 Å². The Kier molecular flexibility index (Phi) is 5.96. The molecule has 2 aromatic rings. The Hall–Kier alpha value is -1.55. The molecule has 2 saturated heterocycles. The van der Waals surface area contributed by atoms with Crippen LogP contribution in [-0.4, -0.2) is 42.5 Å². The topological polar surface area (TPSA) is 24.8 Å². The number of hydrogen-bond donors (Lipinski definition) is 1. The van der Waals surface area contributed by atoms with Gasteiger partial charge in [-0.1, -0.05) is 53.5 Å². The van der Waals surface area contributed by atoms with E-state index in [0.29, 0.717) is 27.7 Å². The third kappa shape index (κ3) is 4.22. The fourth-order valence-corrected chi connectivity index (χ4v) is 5.52. The Morgan fingerprint density at radius 1 is 1.04 bits per heavy atom. The second-order valence-corrected chi connectivity index (χ2v) is 9.11. The number of nitrogens with zero attached hydrogens (tertiary/aromatic N) is 1. The van der Waals surface area contributed by atoms with Gasteiger partial charge >= 0.3 is 0 Å². The van der Waals surface area contributed by atoms with E-state index in [9.17, 15) is 4.79 Å². The maximum absolute atomic E-state index is 13.5. The van der Waals surface area contributed by atoms with Crippen molar-refractivity contribution in [2.75, 3.05) is 13.6 Å². The molecule has 28 heavy (non-hydrogen) atoms. The summed E-state index contributed by atoms with van der Waals surface area (Å²) in [6.07, 6.45) is 5.57. The van der Waals surface area contributed by atoms with E-state index in [1.54, 1.807) is 23.1 Å². The van der Waals surface area contributed by atoms with Gasteiger partial charge in [-0.2, -0.15) is 0 Å². The van der Waals surface area contributed by atoms with Gasteiger partial charge in [-0.25, -0.2) is 0 Å². The van der Waals surface area contributed by atoms with E-state index < -0.39 is 0 Å². The molecule has 2 fully saturated rings. The predicted molar refractivity (Wildman–Crippen MR) is 114 cm³/mol. The fraction of sp³-hybridized carbons (Fsp3) is 0.435. The SMILES string of the molecule is C[NH+]1C2CCC1CC(N(CCc1ccccc1)C(=O)c1cc(Cl)cc(Cl)c1)C2. The number of rotatable bonds is 5. The van der Waals surface area contributed by atoms with Crippen LogP contribution in [0.25, 0.3) is 0 Å². The minimum absolute atomic E-state index is 0.0456. The van der Waals surface area contributed by atoms with Crippen molar-refractivity contribution in [3.05, 3.63) is 69.7 Å². The third-order valence-electron chi connectivity index (χ3n) is 6.56. The normalized spacial score (nSPS) is 26.2. The van der Waals surface area contributed by atoms with Gasteiger partial charge in [0.05, 0.1) is 19.1 Å². The molecule has 1 amide bonds. The van der Waals surface area contributed by atoms with Crippen molar-refractivity contribution < 1.29 is 9.69 Å². The van der Waals surface area contributed by atoms with Crippen molar-refractivity contribution in [2.45, 2.75) is 50.2 Å². The first-order chi connectivity index (χ1) is 13.5. The van der Waals surface area contributed by atoms with Gasteiger partial charge in [0.15, 0.2) is 0 Å². The molecule has 2 bridgehead atoms. The largest absolute Gasteiger partial charge is 0.335 e. The maximum atomic E-state index is 13.5. The molecule has 5 heteroatoms. The van der Waals surface area contributed by atoms with Gasteiger partial charge in [0.25, 0.3) is 5.91 Å². The Bertz CT molecular complexity index is 808. The highest BCUT2D eigenvalue weighted by molar-refractivity contribution is 6.35. The standard InChI is InChI=1S/C23H26Cl2N2O/c1-26-20-7-8-21(26)15-22(14-20)27(10-9-16-5-3-2-4-6-16)23(28)17-11-18(24)13-19(25)12-17/h2-6,11-13,20-22H,7-10,14-15H2,1H3/p+1. The minimum atomic E-state index is 0.0456. The van der Waals surface area contributed by atoms with E-state index in [1.807, 2.05) is 6.07 Å². The van der Waals surface area contributed by atoms with Crippen molar-refractivity contribution in [1.29, 1.82) is 0 Å². The molecule has 0 aromatic heterocycles. The molecular weight excluding hydrogens is 391 g/mol. The van der Waals surface area contributed by atoms with Crippen molar-refractivity contribution >= 4 is 29.1 Å². The number of hydrogen-bond acceptors (Lipinski definition) is 1. The molecule has 2 aliphatic rings. The average molecular weight is 418 g/mol. The molecule has 2 atom stereocenters. The van der Waals surface area contributed by atoms with Crippen molar-refractivity contribution in [3.8, 4) is 0 Å². The van der Waals surface area contributed by atoms with Gasteiger partial charge in [-0.3, -0.25) is 4.79 Å². The zero-order chi connectivity index (χ0) is 19.7. The number of amides is 1. The summed E-state index contributed by atoms with van der Waals surface area (Å²) in [5, 5.41) is 1.01. The Labute approximate surface area is 177 Å². The lowest BCUT2D eigenvalue weighted by molar-refractivity contribution is -0.922. The zero-order valence-corrected chi connectivity index (χ0v) is 17.7. The van der Waals surface area contributed by atoms with Crippen molar-refractivity contribution in [2.24, 2.45) is 0 Å². The number of piperidine rings is 1. The molecule has 3 nitrogen and oxygen atoms in total. The highest BCUT2D eigenvalue weighted by Gasteiger charge is 2.44. The second-order valence-electron chi connectivity index (χ2n) is 8.23. The highest BCUT2D eigenvalue weighted by Crippen LogP contribution is 2.28. The fourth-order valence-electron chi connectivity index (χ4n) is 4.99. The lowest BCUT2D eigenvalue weighted by atomic mass is 9.95. The molecule has 0 spiro atoms. The first-order valence-corrected chi connectivity index (χ1v) is 10.9. The Morgan fingerprint density at radius 2 is 1.64 bits per heavy atom. The maximum Gasteiger partial charge on any atom is 0.254 e. The van der Waals surface area contributed by atoms with Crippen LogP contribution in [-0.2, 0) is 6.42 Å². The molecule has 0 aliphatic carbocycles. The number of nitrogens with one attached hydrogen (secondary N) is 1. The number of halogens is 2. The van der Waals surface area contributed by atoms with Crippen LogP contribution in [0.15, 0.2) is 48.5 Å². The van der Waals surface area contributed by atoms with Gasteiger partial charge in [0.2, 0.25) is 0 Å². The van der Waals surface area contributed by atoms with Crippen molar-refractivity contribution in [1.82, 2.24) is 4.90 Å². The lowest BCUT2D eigenvalue weighted by Gasteiger charge is -2.40. The van der Waals surface area contributed by atoms with Crippen LogP contribution in [0.4, 0.5) is 0 Å². The summed E-state index contributed by atoms with van der Waals surface area (Å²) in [5.41, 5.74) is 1.84.